The summed E-state index contributed by atoms with van der Waals surface area (Å²) in [4.78, 5) is 11.9. The lowest BCUT2D eigenvalue weighted by Gasteiger charge is -2.09. The van der Waals surface area contributed by atoms with Crippen molar-refractivity contribution in [3.05, 3.63) is 46.2 Å². The van der Waals surface area contributed by atoms with Crippen LogP contribution in [0.4, 0.5) is 5.69 Å². The number of carboxylic acid groups (broad SMARTS) is 1. The van der Waals surface area contributed by atoms with E-state index in [2.05, 4.69) is 4.72 Å². The molecular formula is C13H14N2O4S2. The van der Waals surface area contributed by atoms with Gasteiger partial charge in [-0.1, -0.05) is 6.07 Å². The maximum Gasteiger partial charge on any atom is 0.337 e. The summed E-state index contributed by atoms with van der Waals surface area (Å²) in [6.45, 7) is 0.201. The summed E-state index contributed by atoms with van der Waals surface area (Å²) in [5, 5.41) is 11.0. The molecule has 0 radical (unpaired) electrons. The van der Waals surface area contributed by atoms with Gasteiger partial charge in [-0.25, -0.2) is 17.9 Å². The van der Waals surface area contributed by atoms with Gasteiger partial charge in [0.1, 0.15) is 0 Å². The first kappa shape index (κ1) is 15.5. The summed E-state index contributed by atoms with van der Waals surface area (Å²) in [7, 11) is -3.89. The SMILES string of the molecule is Nc1ccc(S(=O)(=O)NCCc2cccs2)c(C(=O)O)c1. The number of nitrogens with one attached hydrogen (secondary N) is 1. The third-order valence-electron chi connectivity index (χ3n) is 2.77. The highest BCUT2D eigenvalue weighted by molar-refractivity contribution is 7.89. The number of carbonyl (C=O) groups is 1. The molecule has 4 N–H and O–H groups in total. The molecule has 0 saturated carbocycles. The summed E-state index contributed by atoms with van der Waals surface area (Å²) in [5.74, 6) is -1.33. The van der Waals surface area contributed by atoms with Crippen LogP contribution in [0.5, 0.6) is 0 Å². The number of thiophene rings is 1. The highest BCUT2D eigenvalue weighted by atomic mass is 32.2. The van der Waals surface area contributed by atoms with Crippen LogP contribution in [0.1, 0.15) is 15.2 Å². The van der Waals surface area contributed by atoms with E-state index in [9.17, 15) is 13.2 Å². The Balaban J connectivity index is 2.17. The Kier molecular flexibility index (Phi) is 4.61. The van der Waals surface area contributed by atoms with Gasteiger partial charge >= 0.3 is 5.97 Å². The zero-order chi connectivity index (χ0) is 15.5. The quantitative estimate of drug-likeness (QED) is 0.698. The van der Waals surface area contributed by atoms with E-state index >= 15 is 0 Å². The second-order valence-corrected chi connectivity index (χ2v) is 7.06. The smallest absolute Gasteiger partial charge is 0.337 e. The molecule has 0 atom stereocenters. The van der Waals surface area contributed by atoms with E-state index in [4.69, 9.17) is 10.8 Å². The third-order valence-corrected chi connectivity index (χ3v) is 5.22. The first-order valence-electron chi connectivity index (χ1n) is 6.05. The molecule has 8 heteroatoms. The fourth-order valence-electron chi connectivity index (χ4n) is 1.79. The van der Waals surface area contributed by atoms with Crippen LogP contribution in [0.15, 0.2) is 40.6 Å². The van der Waals surface area contributed by atoms with E-state index in [1.54, 1.807) is 0 Å². The number of anilines is 1. The number of rotatable bonds is 6. The minimum absolute atomic E-state index is 0.199. The number of nitrogen functional groups attached to an aromatic ring is 1. The molecule has 0 aliphatic heterocycles. The van der Waals surface area contributed by atoms with E-state index in [0.717, 1.165) is 10.9 Å². The lowest BCUT2D eigenvalue weighted by molar-refractivity contribution is 0.0692. The molecule has 0 aliphatic carbocycles. The summed E-state index contributed by atoms with van der Waals surface area (Å²) in [6.07, 6.45) is 0.550. The van der Waals surface area contributed by atoms with Crippen LogP contribution in [0.2, 0.25) is 0 Å². The molecule has 112 valence electrons. The van der Waals surface area contributed by atoms with Gasteiger partial charge in [-0.05, 0) is 36.1 Å². The normalized spacial score (nSPS) is 11.4. The Morgan fingerprint density at radius 1 is 1.33 bits per heavy atom. The van der Waals surface area contributed by atoms with Crippen LogP contribution in [-0.4, -0.2) is 26.0 Å². The van der Waals surface area contributed by atoms with Crippen molar-refractivity contribution >= 4 is 33.0 Å². The maximum atomic E-state index is 12.2. The predicted molar refractivity (Wildman–Crippen MR) is 81.0 cm³/mol. The van der Waals surface area contributed by atoms with Crippen molar-refractivity contribution < 1.29 is 18.3 Å². The highest BCUT2D eigenvalue weighted by Crippen LogP contribution is 2.19. The molecule has 21 heavy (non-hydrogen) atoms. The van der Waals surface area contributed by atoms with Crippen molar-refractivity contribution in [2.75, 3.05) is 12.3 Å². The van der Waals surface area contributed by atoms with E-state index in [1.165, 1.54) is 23.5 Å². The highest BCUT2D eigenvalue weighted by Gasteiger charge is 2.22. The van der Waals surface area contributed by atoms with Gasteiger partial charge in [-0.2, -0.15) is 0 Å². The molecule has 6 nitrogen and oxygen atoms in total. The molecule has 0 saturated heterocycles. The Morgan fingerprint density at radius 2 is 2.10 bits per heavy atom. The van der Waals surface area contributed by atoms with Gasteiger partial charge in [0.25, 0.3) is 0 Å². The number of sulfonamides is 1. The Morgan fingerprint density at radius 3 is 2.71 bits per heavy atom. The van der Waals surface area contributed by atoms with Crippen molar-refractivity contribution in [2.45, 2.75) is 11.3 Å². The van der Waals surface area contributed by atoms with Crippen molar-refractivity contribution in [1.29, 1.82) is 0 Å². The molecule has 0 fully saturated rings. The first-order chi connectivity index (χ1) is 9.90. The van der Waals surface area contributed by atoms with Gasteiger partial charge < -0.3 is 10.8 Å². The van der Waals surface area contributed by atoms with Crippen molar-refractivity contribution in [3.63, 3.8) is 0 Å². The number of carboxylic acids is 1. The topological polar surface area (TPSA) is 109 Å². The van der Waals surface area contributed by atoms with Crippen LogP contribution in [0.3, 0.4) is 0 Å². The monoisotopic (exact) mass is 326 g/mol. The lowest BCUT2D eigenvalue weighted by atomic mass is 10.2. The average molecular weight is 326 g/mol. The second kappa shape index (κ2) is 6.25. The molecule has 0 spiro atoms. The van der Waals surface area contributed by atoms with Gasteiger partial charge in [0.2, 0.25) is 10.0 Å². The van der Waals surface area contributed by atoms with Crippen molar-refractivity contribution in [1.82, 2.24) is 4.72 Å². The van der Waals surface area contributed by atoms with Gasteiger partial charge in [0.05, 0.1) is 10.5 Å². The van der Waals surface area contributed by atoms with Gasteiger partial charge in [0.15, 0.2) is 0 Å². The van der Waals surface area contributed by atoms with Crippen molar-refractivity contribution in [3.8, 4) is 0 Å². The zero-order valence-electron chi connectivity index (χ0n) is 10.9. The standard InChI is InChI=1S/C13H14N2O4S2/c14-9-3-4-12(11(8-9)13(16)17)21(18,19)15-6-5-10-2-1-7-20-10/h1-4,7-8,15H,5-6,14H2,(H,16,17). The molecule has 0 bridgehead atoms. The molecule has 0 aliphatic rings. The van der Waals surface area contributed by atoms with Gasteiger partial charge in [0, 0.05) is 17.1 Å². The lowest BCUT2D eigenvalue weighted by Crippen LogP contribution is -2.27. The van der Waals surface area contributed by atoms with Crippen LogP contribution >= 0.6 is 11.3 Å². The van der Waals surface area contributed by atoms with Crippen LogP contribution < -0.4 is 10.5 Å². The van der Waals surface area contributed by atoms with E-state index < -0.39 is 16.0 Å². The Hall–Kier alpha value is -1.90. The second-order valence-electron chi connectivity index (χ2n) is 4.29. The Bertz CT molecular complexity index is 740. The number of aromatic carboxylic acids is 1. The molecule has 0 unspecified atom stereocenters. The zero-order valence-corrected chi connectivity index (χ0v) is 12.6. The first-order valence-corrected chi connectivity index (χ1v) is 8.41. The number of benzene rings is 1. The fraction of sp³-hybridized carbons (Fsp3) is 0.154. The average Bonchev–Trinajstić information content (AvgIpc) is 2.91. The minimum atomic E-state index is -3.89. The van der Waals surface area contributed by atoms with E-state index in [0.29, 0.717) is 6.42 Å². The molecule has 2 rings (SSSR count). The molecular weight excluding hydrogens is 312 g/mol. The summed E-state index contributed by atoms with van der Waals surface area (Å²) >= 11 is 1.53. The molecule has 2 aromatic rings. The summed E-state index contributed by atoms with van der Waals surface area (Å²) in [5.41, 5.74) is 5.36. The Labute approximate surface area is 126 Å². The van der Waals surface area contributed by atoms with E-state index in [1.807, 2.05) is 17.5 Å². The van der Waals surface area contributed by atoms with Crippen molar-refractivity contribution in [2.24, 2.45) is 0 Å². The van der Waals surface area contributed by atoms with Crippen LogP contribution in [0.25, 0.3) is 0 Å². The molecule has 1 aromatic carbocycles. The fourth-order valence-corrected chi connectivity index (χ4v) is 3.71. The number of hydrogen-bond donors (Lipinski definition) is 3. The maximum absolute atomic E-state index is 12.2. The summed E-state index contributed by atoms with van der Waals surface area (Å²) < 4.78 is 26.8. The van der Waals surface area contributed by atoms with Gasteiger partial charge in [-0.15, -0.1) is 11.3 Å². The number of nitrogens with two attached hydrogens (primary N) is 1. The summed E-state index contributed by atoms with van der Waals surface area (Å²) in [6, 6.07) is 7.49. The third kappa shape index (κ3) is 3.81. The minimum Gasteiger partial charge on any atom is -0.478 e. The molecule has 1 aromatic heterocycles. The molecule has 1 heterocycles. The largest absolute Gasteiger partial charge is 0.478 e. The molecule has 0 amide bonds. The predicted octanol–water partition coefficient (Wildman–Crippen LogP) is 1.55. The number of hydrogen-bond acceptors (Lipinski definition) is 5. The van der Waals surface area contributed by atoms with E-state index in [-0.39, 0.29) is 22.7 Å². The van der Waals surface area contributed by atoms with Crippen LogP contribution in [-0.2, 0) is 16.4 Å². The van der Waals surface area contributed by atoms with Crippen LogP contribution in [0, 0.1) is 0 Å². The van der Waals surface area contributed by atoms with Gasteiger partial charge in [-0.3, -0.25) is 0 Å².